The summed E-state index contributed by atoms with van der Waals surface area (Å²) in [6.45, 7) is 4.18. The Balaban J connectivity index is 1.62. The number of aryl methyl sites for hydroxylation is 3. The highest BCUT2D eigenvalue weighted by Gasteiger charge is 2.18. The van der Waals surface area contributed by atoms with Crippen LogP contribution in [0.5, 0.6) is 10.8 Å². The molecule has 0 fully saturated rings. The Morgan fingerprint density at radius 1 is 1.35 bits per heavy atom. The summed E-state index contributed by atoms with van der Waals surface area (Å²) in [5.74, 6) is 0.490. The molecule has 0 saturated heterocycles. The van der Waals surface area contributed by atoms with E-state index in [0.717, 1.165) is 26.4 Å². The van der Waals surface area contributed by atoms with Gasteiger partial charge in [0.15, 0.2) is 5.06 Å². The summed E-state index contributed by atoms with van der Waals surface area (Å²) in [5, 5.41) is 10.3. The largest absolute Gasteiger partial charge is 0.445 e. The minimum absolute atomic E-state index is 0.253. The number of nitrogens with one attached hydrogen (secondary N) is 1. The molecule has 3 aromatic rings. The lowest BCUT2D eigenvalue weighted by Gasteiger charge is -2.08. The molecule has 2 aromatic heterocycles. The van der Waals surface area contributed by atoms with Gasteiger partial charge in [0.05, 0.1) is 15.2 Å². The molecule has 0 spiro atoms. The number of halogens is 2. The SMILES string of the molecule is Cc1csc(Oc2ccc(CNC(=O)c3c(Cl)c(C)nn3C)cc2)c1Br. The van der Waals surface area contributed by atoms with Gasteiger partial charge < -0.3 is 10.1 Å². The minimum atomic E-state index is -0.253. The van der Waals surface area contributed by atoms with Gasteiger partial charge >= 0.3 is 0 Å². The third kappa shape index (κ3) is 3.95. The highest BCUT2D eigenvalue weighted by atomic mass is 79.9. The van der Waals surface area contributed by atoms with E-state index in [1.54, 1.807) is 25.3 Å². The molecule has 1 N–H and O–H groups in total. The van der Waals surface area contributed by atoms with Crippen molar-refractivity contribution in [3.63, 3.8) is 0 Å². The van der Waals surface area contributed by atoms with Crippen LogP contribution < -0.4 is 10.1 Å². The number of amides is 1. The van der Waals surface area contributed by atoms with Crippen molar-refractivity contribution in [1.29, 1.82) is 0 Å². The third-order valence-corrected chi connectivity index (χ3v) is 6.49. The van der Waals surface area contributed by atoms with Crippen LogP contribution in [-0.2, 0) is 13.6 Å². The topological polar surface area (TPSA) is 56.1 Å². The lowest BCUT2D eigenvalue weighted by atomic mass is 10.2. The number of hydrogen-bond acceptors (Lipinski definition) is 4. The molecule has 2 heterocycles. The number of carbonyl (C=O) groups is 1. The van der Waals surface area contributed by atoms with Gasteiger partial charge in [0.2, 0.25) is 0 Å². The second kappa shape index (κ2) is 7.82. The van der Waals surface area contributed by atoms with Gasteiger partial charge in [-0.2, -0.15) is 5.10 Å². The van der Waals surface area contributed by atoms with Crippen LogP contribution in [0.2, 0.25) is 5.02 Å². The Morgan fingerprint density at radius 3 is 2.58 bits per heavy atom. The van der Waals surface area contributed by atoms with E-state index in [-0.39, 0.29) is 5.91 Å². The monoisotopic (exact) mass is 453 g/mol. The van der Waals surface area contributed by atoms with Crippen molar-refractivity contribution in [2.45, 2.75) is 20.4 Å². The molecule has 0 aliphatic carbocycles. The molecule has 0 radical (unpaired) electrons. The van der Waals surface area contributed by atoms with E-state index in [1.165, 1.54) is 4.68 Å². The van der Waals surface area contributed by atoms with E-state index in [0.29, 0.717) is 23.0 Å². The Labute approximate surface area is 169 Å². The van der Waals surface area contributed by atoms with Gasteiger partial charge in [-0.25, -0.2) is 0 Å². The molecule has 1 aromatic carbocycles. The van der Waals surface area contributed by atoms with Crippen LogP contribution in [0.4, 0.5) is 0 Å². The number of nitrogens with zero attached hydrogens (tertiary/aromatic N) is 2. The first-order chi connectivity index (χ1) is 12.4. The van der Waals surface area contributed by atoms with Crippen LogP contribution in [0.3, 0.4) is 0 Å². The molecule has 1 amide bonds. The molecule has 8 heteroatoms. The number of ether oxygens (including phenoxy) is 1. The zero-order chi connectivity index (χ0) is 18.8. The fourth-order valence-corrected chi connectivity index (χ4v) is 4.09. The molecule has 0 bridgehead atoms. The van der Waals surface area contributed by atoms with E-state index >= 15 is 0 Å². The van der Waals surface area contributed by atoms with Crippen LogP contribution >= 0.6 is 38.9 Å². The number of aromatic nitrogens is 2. The standard InChI is InChI=1S/C18H17BrClN3O2S/c1-10-9-26-18(14(10)19)25-13-6-4-12(5-7-13)8-21-17(24)16-15(20)11(2)22-23(16)3/h4-7,9H,8H2,1-3H3,(H,21,24). The van der Waals surface area contributed by atoms with Gasteiger partial charge in [0.25, 0.3) is 5.91 Å². The first kappa shape index (κ1) is 18.9. The maximum absolute atomic E-state index is 12.3. The first-order valence-electron chi connectivity index (χ1n) is 7.84. The molecule has 3 rings (SSSR count). The lowest BCUT2D eigenvalue weighted by molar-refractivity contribution is 0.0941. The maximum Gasteiger partial charge on any atom is 0.271 e. The Morgan fingerprint density at radius 2 is 2.04 bits per heavy atom. The predicted molar refractivity (Wildman–Crippen MR) is 107 cm³/mol. The molecule has 0 atom stereocenters. The van der Waals surface area contributed by atoms with E-state index in [4.69, 9.17) is 16.3 Å². The van der Waals surface area contributed by atoms with Crippen molar-refractivity contribution in [1.82, 2.24) is 15.1 Å². The maximum atomic E-state index is 12.3. The molecule has 26 heavy (non-hydrogen) atoms. The number of rotatable bonds is 5. The second-order valence-corrected chi connectivity index (χ2v) is 7.83. The fourth-order valence-electron chi connectivity index (χ4n) is 2.40. The third-order valence-electron chi connectivity index (χ3n) is 3.82. The fraction of sp³-hybridized carbons (Fsp3) is 0.222. The number of hydrogen-bond donors (Lipinski definition) is 1. The summed E-state index contributed by atoms with van der Waals surface area (Å²) in [5.41, 5.74) is 3.10. The average molecular weight is 455 g/mol. The average Bonchev–Trinajstić information content (AvgIpc) is 3.06. The van der Waals surface area contributed by atoms with E-state index < -0.39 is 0 Å². The van der Waals surface area contributed by atoms with Gasteiger partial charge in [-0.15, -0.1) is 11.3 Å². The Kier molecular flexibility index (Phi) is 5.70. The van der Waals surface area contributed by atoms with Crippen molar-refractivity contribution in [3.05, 3.63) is 61.7 Å². The van der Waals surface area contributed by atoms with Crippen LogP contribution in [0.1, 0.15) is 27.3 Å². The van der Waals surface area contributed by atoms with Crippen molar-refractivity contribution < 1.29 is 9.53 Å². The minimum Gasteiger partial charge on any atom is -0.445 e. The first-order valence-corrected chi connectivity index (χ1v) is 9.89. The van der Waals surface area contributed by atoms with Crippen LogP contribution in [0, 0.1) is 13.8 Å². The van der Waals surface area contributed by atoms with E-state index in [2.05, 4.69) is 26.3 Å². The van der Waals surface area contributed by atoms with Crippen LogP contribution in [-0.4, -0.2) is 15.7 Å². The van der Waals surface area contributed by atoms with Gasteiger partial charge in [-0.3, -0.25) is 9.48 Å². The number of carbonyl (C=O) groups excluding carboxylic acids is 1. The molecular weight excluding hydrogens is 438 g/mol. The summed E-state index contributed by atoms with van der Waals surface area (Å²) in [7, 11) is 1.70. The number of thiophene rings is 1. The van der Waals surface area contributed by atoms with Crippen molar-refractivity contribution in [3.8, 4) is 10.8 Å². The van der Waals surface area contributed by atoms with Gasteiger partial charge in [-0.1, -0.05) is 23.7 Å². The smallest absolute Gasteiger partial charge is 0.271 e. The lowest BCUT2D eigenvalue weighted by Crippen LogP contribution is -2.25. The zero-order valence-corrected chi connectivity index (χ0v) is 17.6. The molecule has 136 valence electrons. The highest BCUT2D eigenvalue weighted by Crippen LogP contribution is 2.38. The van der Waals surface area contributed by atoms with Crippen molar-refractivity contribution in [2.24, 2.45) is 7.05 Å². The van der Waals surface area contributed by atoms with Gasteiger partial charge in [-0.05, 0) is 58.4 Å². The summed E-state index contributed by atoms with van der Waals surface area (Å²) >= 11 is 11.2. The second-order valence-electron chi connectivity index (χ2n) is 5.82. The molecule has 0 aliphatic rings. The van der Waals surface area contributed by atoms with Crippen molar-refractivity contribution in [2.75, 3.05) is 0 Å². The van der Waals surface area contributed by atoms with Crippen LogP contribution in [0.15, 0.2) is 34.1 Å². The van der Waals surface area contributed by atoms with E-state index in [1.807, 2.05) is 36.6 Å². The highest BCUT2D eigenvalue weighted by molar-refractivity contribution is 9.10. The summed E-state index contributed by atoms with van der Waals surface area (Å²) < 4.78 is 8.33. The van der Waals surface area contributed by atoms with Crippen LogP contribution in [0.25, 0.3) is 0 Å². The Hall–Kier alpha value is -1.83. The molecule has 0 aliphatic heterocycles. The molecule has 0 unspecified atom stereocenters. The van der Waals surface area contributed by atoms with Gasteiger partial charge in [0, 0.05) is 13.6 Å². The summed E-state index contributed by atoms with van der Waals surface area (Å²) in [4.78, 5) is 12.3. The van der Waals surface area contributed by atoms with Crippen molar-refractivity contribution >= 4 is 44.8 Å². The van der Waals surface area contributed by atoms with E-state index in [9.17, 15) is 4.79 Å². The molecule has 0 saturated carbocycles. The molecular formula is C18H17BrClN3O2S. The quantitative estimate of drug-likeness (QED) is 0.574. The zero-order valence-electron chi connectivity index (χ0n) is 14.5. The summed E-state index contributed by atoms with van der Waals surface area (Å²) in [6, 6.07) is 7.59. The number of benzene rings is 1. The van der Waals surface area contributed by atoms with Gasteiger partial charge in [0.1, 0.15) is 11.4 Å². The Bertz CT molecular complexity index is 950. The summed E-state index contributed by atoms with van der Waals surface area (Å²) in [6.07, 6.45) is 0. The molecule has 5 nitrogen and oxygen atoms in total. The normalized spacial score (nSPS) is 10.8. The predicted octanol–water partition coefficient (Wildman–Crippen LogP) is 5.24.